The molecular formula is C13H18F2N2O2. The topological polar surface area (TPSA) is 64.4 Å². The van der Waals surface area contributed by atoms with Crippen LogP contribution in [0, 0.1) is 5.92 Å². The minimum atomic E-state index is -2.83. The first kappa shape index (κ1) is 15.4. The number of nitrogens with one attached hydrogen (secondary N) is 1. The molecule has 1 aromatic rings. The predicted molar refractivity (Wildman–Crippen MR) is 67.8 cm³/mol. The highest BCUT2D eigenvalue weighted by Crippen LogP contribution is 2.14. The third kappa shape index (κ3) is 5.65. The average molecular weight is 272 g/mol. The summed E-state index contributed by atoms with van der Waals surface area (Å²) in [6.45, 7) is -0.207. The molecule has 0 aliphatic rings. The number of nitrogens with two attached hydrogens (primary N) is 1. The highest BCUT2D eigenvalue weighted by Gasteiger charge is 2.11. The summed E-state index contributed by atoms with van der Waals surface area (Å²) in [4.78, 5) is 11.6. The highest BCUT2D eigenvalue weighted by molar-refractivity contribution is 5.78. The van der Waals surface area contributed by atoms with Crippen LogP contribution in [0.1, 0.15) is 18.9 Å². The second-order valence-corrected chi connectivity index (χ2v) is 4.22. The van der Waals surface area contributed by atoms with Crippen molar-refractivity contribution in [3.05, 3.63) is 29.8 Å². The number of rotatable bonds is 7. The minimum absolute atomic E-state index is 0.0710. The first-order valence-corrected chi connectivity index (χ1v) is 6.04. The van der Waals surface area contributed by atoms with E-state index in [2.05, 4.69) is 10.1 Å². The van der Waals surface area contributed by atoms with Gasteiger partial charge in [0.15, 0.2) is 0 Å². The summed E-state index contributed by atoms with van der Waals surface area (Å²) in [5.74, 6) is -0.105. The van der Waals surface area contributed by atoms with Crippen LogP contribution >= 0.6 is 0 Å². The van der Waals surface area contributed by atoms with Crippen LogP contribution in [0.5, 0.6) is 5.75 Å². The summed E-state index contributed by atoms with van der Waals surface area (Å²) < 4.78 is 28.1. The molecule has 0 radical (unpaired) electrons. The van der Waals surface area contributed by atoms with Crippen molar-refractivity contribution in [3.63, 3.8) is 0 Å². The molecule has 4 nitrogen and oxygen atoms in total. The van der Waals surface area contributed by atoms with E-state index in [4.69, 9.17) is 5.73 Å². The Morgan fingerprint density at radius 2 is 2.00 bits per heavy atom. The van der Waals surface area contributed by atoms with Gasteiger partial charge in [0.1, 0.15) is 5.75 Å². The molecule has 3 N–H and O–H groups in total. The van der Waals surface area contributed by atoms with Crippen molar-refractivity contribution in [2.24, 2.45) is 11.7 Å². The number of alkyl halides is 2. The summed E-state index contributed by atoms with van der Waals surface area (Å²) >= 11 is 0. The van der Waals surface area contributed by atoms with Crippen molar-refractivity contribution < 1.29 is 18.3 Å². The summed E-state index contributed by atoms with van der Waals surface area (Å²) in [7, 11) is 0. The van der Waals surface area contributed by atoms with Crippen molar-refractivity contribution in [1.82, 2.24) is 5.32 Å². The molecule has 19 heavy (non-hydrogen) atoms. The lowest BCUT2D eigenvalue weighted by atomic mass is 10.1. The Balaban J connectivity index is 2.43. The zero-order valence-corrected chi connectivity index (χ0v) is 10.7. The predicted octanol–water partition coefficient (Wildman–Crippen LogP) is 1.89. The van der Waals surface area contributed by atoms with Crippen LogP contribution in [-0.2, 0) is 11.3 Å². The molecule has 1 unspecified atom stereocenters. The fourth-order valence-electron chi connectivity index (χ4n) is 1.53. The molecule has 1 atom stereocenters. The standard InChI is InChI=1S/C13H18F2N2O2/c1-9(6-7-16)12(18)17-8-10-2-4-11(5-3-10)19-13(14)15/h2-5,9,13H,6-8,16H2,1H3,(H,17,18). The molecule has 0 saturated carbocycles. The van der Waals surface area contributed by atoms with Gasteiger partial charge < -0.3 is 15.8 Å². The number of carbonyl (C=O) groups excluding carboxylic acids is 1. The van der Waals surface area contributed by atoms with Gasteiger partial charge >= 0.3 is 6.61 Å². The van der Waals surface area contributed by atoms with Crippen LogP contribution in [0.4, 0.5) is 8.78 Å². The van der Waals surface area contributed by atoms with Gasteiger partial charge in [0.25, 0.3) is 0 Å². The van der Waals surface area contributed by atoms with E-state index in [1.165, 1.54) is 12.1 Å². The number of hydrogen-bond donors (Lipinski definition) is 2. The third-order valence-corrected chi connectivity index (χ3v) is 2.66. The van der Waals surface area contributed by atoms with Crippen LogP contribution in [-0.4, -0.2) is 19.1 Å². The lowest BCUT2D eigenvalue weighted by Crippen LogP contribution is -2.29. The smallest absolute Gasteiger partial charge is 0.387 e. The lowest BCUT2D eigenvalue weighted by molar-refractivity contribution is -0.124. The zero-order valence-electron chi connectivity index (χ0n) is 10.7. The molecule has 1 amide bonds. The molecule has 106 valence electrons. The van der Waals surface area contributed by atoms with Gasteiger partial charge in [0, 0.05) is 12.5 Å². The van der Waals surface area contributed by atoms with E-state index in [1.807, 2.05) is 6.92 Å². The average Bonchev–Trinajstić information content (AvgIpc) is 2.37. The largest absolute Gasteiger partial charge is 0.435 e. The van der Waals surface area contributed by atoms with Crippen LogP contribution in [0.3, 0.4) is 0 Å². The van der Waals surface area contributed by atoms with Gasteiger partial charge in [-0.2, -0.15) is 8.78 Å². The van der Waals surface area contributed by atoms with Gasteiger partial charge in [-0.3, -0.25) is 4.79 Å². The molecule has 0 aliphatic heterocycles. The third-order valence-electron chi connectivity index (χ3n) is 2.66. The van der Waals surface area contributed by atoms with E-state index in [0.717, 1.165) is 5.56 Å². The second kappa shape index (κ2) is 7.68. The van der Waals surface area contributed by atoms with Crippen molar-refractivity contribution in [1.29, 1.82) is 0 Å². The summed E-state index contributed by atoms with van der Waals surface area (Å²) in [6.07, 6.45) is 0.632. The Bertz CT molecular complexity index is 396. The van der Waals surface area contributed by atoms with E-state index in [0.29, 0.717) is 19.5 Å². The monoisotopic (exact) mass is 272 g/mol. The molecule has 1 rings (SSSR count). The van der Waals surface area contributed by atoms with Crippen molar-refractivity contribution in [3.8, 4) is 5.75 Å². The molecule has 0 aromatic heterocycles. The van der Waals surface area contributed by atoms with Crippen LogP contribution in [0.25, 0.3) is 0 Å². The Kier molecular flexibility index (Phi) is 6.21. The number of halogens is 2. The SMILES string of the molecule is CC(CCN)C(=O)NCc1ccc(OC(F)F)cc1. The quantitative estimate of drug-likeness (QED) is 0.796. The van der Waals surface area contributed by atoms with Crippen molar-refractivity contribution in [2.75, 3.05) is 6.54 Å². The molecule has 0 fully saturated rings. The van der Waals surface area contributed by atoms with Gasteiger partial charge in [-0.25, -0.2) is 0 Å². The molecule has 0 bridgehead atoms. The van der Waals surface area contributed by atoms with Gasteiger partial charge in [-0.05, 0) is 30.7 Å². The summed E-state index contributed by atoms with van der Waals surface area (Å²) in [5.41, 5.74) is 6.19. The maximum absolute atomic E-state index is 11.9. The van der Waals surface area contributed by atoms with Crippen LogP contribution in [0.15, 0.2) is 24.3 Å². The van der Waals surface area contributed by atoms with Crippen molar-refractivity contribution >= 4 is 5.91 Å². The van der Waals surface area contributed by atoms with E-state index < -0.39 is 6.61 Å². The van der Waals surface area contributed by atoms with E-state index in [-0.39, 0.29) is 17.6 Å². The number of amides is 1. The first-order chi connectivity index (χ1) is 9.02. The maximum atomic E-state index is 11.9. The highest BCUT2D eigenvalue weighted by atomic mass is 19.3. The summed E-state index contributed by atoms with van der Waals surface area (Å²) in [6, 6.07) is 6.14. The van der Waals surface area contributed by atoms with Gasteiger partial charge in [0.05, 0.1) is 0 Å². The van der Waals surface area contributed by atoms with Crippen LogP contribution < -0.4 is 15.8 Å². The Labute approximate surface area is 110 Å². The van der Waals surface area contributed by atoms with Crippen LogP contribution in [0.2, 0.25) is 0 Å². The molecule has 1 aromatic carbocycles. The van der Waals surface area contributed by atoms with Gasteiger partial charge in [0.2, 0.25) is 5.91 Å². The molecule has 0 spiro atoms. The van der Waals surface area contributed by atoms with Gasteiger partial charge in [-0.1, -0.05) is 19.1 Å². The molecular weight excluding hydrogens is 254 g/mol. The van der Waals surface area contributed by atoms with E-state index in [1.54, 1.807) is 12.1 Å². The van der Waals surface area contributed by atoms with E-state index >= 15 is 0 Å². The van der Waals surface area contributed by atoms with E-state index in [9.17, 15) is 13.6 Å². The molecule has 0 saturated heterocycles. The lowest BCUT2D eigenvalue weighted by Gasteiger charge is -2.11. The maximum Gasteiger partial charge on any atom is 0.387 e. The normalized spacial score (nSPS) is 12.3. The fourth-order valence-corrected chi connectivity index (χ4v) is 1.53. The number of hydrogen-bond acceptors (Lipinski definition) is 3. The second-order valence-electron chi connectivity index (χ2n) is 4.22. The molecule has 0 heterocycles. The number of carbonyl (C=O) groups is 1. The molecule has 0 aliphatic carbocycles. The number of ether oxygens (including phenoxy) is 1. The fraction of sp³-hybridized carbons (Fsp3) is 0.462. The van der Waals surface area contributed by atoms with Gasteiger partial charge in [-0.15, -0.1) is 0 Å². The Morgan fingerprint density at radius 1 is 1.37 bits per heavy atom. The Hall–Kier alpha value is -1.69. The Morgan fingerprint density at radius 3 is 2.53 bits per heavy atom. The zero-order chi connectivity index (χ0) is 14.3. The van der Waals surface area contributed by atoms with Crippen molar-refractivity contribution in [2.45, 2.75) is 26.5 Å². The summed E-state index contributed by atoms with van der Waals surface area (Å²) in [5, 5.41) is 2.76. The minimum Gasteiger partial charge on any atom is -0.435 e. The number of benzene rings is 1. The first-order valence-electron chi connectivity index (χ1n) is 6.04. The molecule has 6 heteroatoms.